The molecule has 4 aromatic rings. The van der Waals surface area contributed by atoms with Crippen LogP contribution in [-0.4, -0.2) is 82.1 Å². The lowest BCUT2D eigenvalue weighted by molar-refractivity contribution is -0.134. The minimum absolute atomic E-state index is 0.0903. The molecular formula is C45H42Cl2N4O8. The normalized spacial score (nSPS) is 30.7. The zero-order chi connectivity index (χ0) is 41.1. The van der Waals surface area contributed by atoms with Crippen LogP contribution in [0, 0.1) is 11.8 Å². The molecule has 0 radical (unpaired) electrons. The van der Waals surface area contributed by atoms with Crippen LogP contribution in [0.5, 0.6) is 23.0 Å². The van der Waals surface area contributed by atoms with Crippen LogP contribution in [0.1, 0.15) is 59.8 Å². The number of nitrogens with one attached hydrogen (secondary N) is 2. The van der Waals surface area contributed by atoms with Crippen LogP contribution in [0.15, 0.2) is 84.6 Å². The molecule has 2 amide bonds. The van der Waals surface area contributed by atoms with E-state index in [1.807, 2.05) is 6.07 Å². The van der Waals surface area contributed by atoms with Crippen LogP contribution in [-0.2, 0) is 25.5 Å². The largest absolute Gasteiger partial charge is 0.512 e. The smallest absolute Gasteiger partial charge is 0.250 e. The van der Waals surface area contributed by atoms with Crippen molar-refractivity contribution in [3.05, 3.63) is 117 Å². The van der Waals surface area contributed by atoms with Gasteiger partial charge in [-0.2, -0.15) is 0 Å². The first-order valence-electron chi connectivity index (χ1n) is 19.9. The number of anilines is 2. The van der Waals surface area contributed by atoms with E-state index < -0.39 is 40.5 Å². The lowest BCUT2D eigenvalue weighted by Gasteiger charge is -2.38. The minimum Gasteiger partial charge on any atom is -0.512 e. The summed E-state index contributed by atoms with van der Waals surface area (Å²) in [6, 6.07) is 19.8. The predicted molar refractivity (Wildman–Crippen MR) is 220 cm³/mol. The molecule has 8 atom stereocenters. The summed E-state index contributed by atoms with van der Waals surface area (Å²) in [5.74, 6) is -4.33. The van der Waals surface area contributed by atoms with Crippen molar-refractivity contribution >= 4 is 52.2 Å². The number of aliphatic hydroxyl groups excluding tert-OH is 1. The maximum Gasteiger partial charge on any atom is 0.250 e. The Balaban J connectivity index is 1.17. The Morgan fingerprint density at radius 1 is 0.746 bits per heavy atom. The molecule has 14 heteroatoms. The molecule has 6 heterocycles. The molecule has 5 N–H and O–H groups in total. The number of benzene rings is 4. The number of amides is 2. The summed E-state index contributed by atoms with van der Waals surface area (Å²) >= 11 is 13.3. The topological polar surface area (TPSA) is 161 Å². The molecule has 8 unspecified atom stereocenters. The quantitative estimate of drug-likeness (QED) is 0.0953. The molecule has 0 saturated carbocycles. The number of carbonyl (C=O) groups excluding carboxylic acids is 3. The second kappa shape index (κ2) is 13.6. The number of fused-ring (bicyclic) bond motifs is 8. The summed E-state index contributed by atoms with van der Waals surface area (Å²) < 4.78 is 10.9. The maximum atomic E-state index is 15.6. The number of phenolic OH excluding ortho intramolecular Hbond substituents is 2. The van der Waals surface area contributed by atoms with Crippen LogP contribution in [0.25, 0.3) is 0 Å². The van der Waals surface area contributed by atoms with Gasteiger partial charge in [0, 0.05) is 68.5 Å². The highest BCUT2D eigenvalue weighted by Gasteiger charge is 2.71. The Bertz CT molecular complexity index is 2510. The van der Waals surface area contributed by atoms with Gasteiger partial charge in [0.25, 0.3) is 0 Å². The van der Waals surface area contributed by atoms with Gasteiger partial charge in [-0.25, -0.2) is 0 Å². The Morgan fingerprint density at radius 3 is 1.98 bits per heavy atom. The number of rotatable bonds is 7. The average molecular weight is 838 g/mol. The molecule has 59 heavy (non-hydrogen) atoms. The van der Waals surface area contributed by atoms with Gasteiger partial charge in [-0.15, -0.1) is 0 Å². The predicted octanol–water partition coefficient (Wildman–Crippen LogP) is 7.18. The van der Waals surface area contributed by atoms with E-state index in [0.29, 0.717) is 69.6 Å². The number of aliphatic hydroxyl groups is 1. The van der Waals surface area contributed by atoms with Crippen molar-refractivity contribution < 1.29 is 39.2 Å². The number of ketones is 1. The molecule has 4 fully saturated rings. The van der Waals surface area contributed by atoms with E-state index in [2.05, 4.69) is 20.4 Å². The SMILES string of the molecule is COc1ccc(C2C3CCCN3C3(C(=O)Nc4ccc(Cl)cc43)C2C(=O)/C=C(\O)C2C3CCCN3C3(C(=O)Nc4ccc(Cl)cc43)C2c2ccc(O)c(OC)c2)cc1O. The van der Waals surface area contributed by atoms with Crippen molar-refractivity contribution in [1.82, 2.24) is 9.80 Å². The Morgan fingerprint density at radius 2 is 1.34 bits per heavy atom. The fourth-order valence-electron chi connectivity index (χ4n) is 12.0. The number of allylic oxidation sites excluding steroid dienone is 1. The zero-order valence-corrected chi connectivity index (χ0v) is 33.8. The number of aromatic hydroxyl groups is 2. The summed E-state index contributed by atoms with van der Waals surface area (Å²) in [5, 5.41) is 41.5. The van der Waals surface area contributed by atoms with Gasteiger partial charge in [0.15, 0.2) is 28.8 Å². The van der Waals surface area contributed by atoms with Gasteiger partial charge >= 0.3 is 0 Å². The van der Waals surface area contributed by atoms with Gasteiger partial charge in [0.1, 0.15) is 16.8 Å². The highest BCUT2D eigenvalue weighted by atomic mass is 35.5. The average Bonchev–Trinajstić information content (AvgIpc) is 4.06. The number of carbonyl (C=O) groups is 3. The zero-order valence-electron chi connectivity index (χ0n) is 32.2. The Hall–Kier alpha value is -5.27. The van der Waals surface area contributed by atoms with E-state index in [0.717, 1.165) is 12.8 Å². The van der Waals surface area contributed by atoms with Crippen LogP contribution >= 0.6 is 23.2 Å². The van der Waals surface area contributed by atoms with E-state index >= 15 is 4.79 Å². The van der Waals surface area contributed by atoms with Crippen molar-refractivity contribution in [2.24, 2.45) is 11.8 Å². The van der Waals surface area contributed by atoms with E-state index in [1.54, 1.807) is 60.7 Å². The maximum absolute atomic E-state index is 15.6. The van der Waals surface area contributed by atoms with Crippen LogP contribution in [0.2, 0.25) is 10.0 Å². The Labute approximate surface area is 350 Å². The van der Waals surface area contributed by atoms with Crippen LogP contribution in [0.3, 0.4) is 0 Å². The first-order valence-corrected chi connectivity index (χ1v) is 20.6. The molecule has 0 aliphatic carbocycles. The molecular weight excluding hydrogens is 795 g/mol. The van der Waals surface area contributed by atoms with Gasteiger partial charge in [-0.1, -0.05) is 35.3 Å². The van der Waals surface area contributed by atoms with Crippen molar-refractivity contribution in [1.29, 1.82) is 0 Å². The van der Waals surface area contributed by atoms with Crippen molar-refractivity contribution in [2.75, 3.05) is 37.9 Å². The Kier molecular flexibility index (Phi) is 8.77. The molecule has 6 aliphatic rings. The molecule has 0 bridgehead atoms. The van der Waals surface area contributed by atoms with Crippen LogP contribution < -0.4 is 20.1 Å². The lowest BCUT2D eigenvalue weighted by Crippen LogP contribution is -2.52. The summed E-state index contributed by atoms with van der Waals surface area (Å²) in [6.45, 7) is 1.07. The molecule has 6 aliphatic heterocycles. The first kappa shape index (κ1) is 38.0. The van der Waals surface area contributed by atoms with Gasteiger partial charge in [0.05, 0.1) is 20.1 Å². The molecule has 2 spiro atoms. The van der Waals surface area contributed by atoms with E-state index in [4.69, 9.17) is 32.7 Å². The van der Waals surface area contributed by atoms with E-state index in [-0.39, 0.29) is 52.7 Å². The summed E-state index contributed by atoms with van der Waals surface area (Å²) in [7, 11) is 2.91. The van der Waals surface area contributed by atoms with Crippen molar-refractivity contribution in [3.63, 3.8) is 0 Å². The number of methoxy groups -OCH3 is 2. The highest BCUT2D eigenvalue weighted by Crippen LogP contribution is 2.65. The summed E-state index contributed by atoms with van der Waals surface area (Å²) in [4.78, 5) is 49.3. The fourth-order valence-corrected chi connectivity index (χ4v) is 12.4. The third kappa shape index (κ3) is 5.12. The lowest BCUT2D eigenvalue weighted by atomic mass is 9.68. The molecule has 0 aromatic heterocycles. The van der Waals surface area contributed by atoms with Gasteiger partial charge < -0.3 is 35.4 Å². The summed E-state index contributed by atoms with van der Waals surface area (Å²) in [5.41, 5.74) is 0.823. The fraction of sp³-hybridized carbons (Fsp3) is 0.356. The molecule has 304 valence electrons. The van der Waals surface area contributed by atoms with Crippen LogP contribution in [0.4, 0.5) is 11.4 Å². The number of hydrogen-bond acceptors (Lipinski definition) is 10. The third-order valence-electron chi connectivity index (χ3n) is 14.0. The van der Waals surface area contributed by atoms with Crippen molar-refractivity contribution in [3.8, 4) is 23.0 Å². The standard InChI is InChI=1S/C45H42Cl2N4O8/c1-58-36-14-8-22(17-33(36)53)38-30-5-3-15-50(30)45(27-20-25(47)10-12-29(27)49-43(45)57)41(38)35(55)21-34(54)39-31-6-4-16-51(31)44(26-19-24(46)9-11-28(26)48-42(44)56)40(39)23-7-13-32(52)37(18-23)59-2/h7-14,17-21,30-31,38-41,52-54H,3-6,15-16H2,1-2H3,(H,48,56)(H,49,57)/b34-21-. The number of ether oxygens (including phenoxy) is 2. The second-order valence-corrected chi connectivity index (χ2v) is 17.3. The third-order valence-corrected chi connectivity index (χ3v) is 14.5. The summed E-state index contributed by atoms with van der Waals surface area (Å²) in [6.07, 6.45) is 4.10. The second-order valence-electron chi connectivity index (χ2n) is 16.5. The monoisotopic (exact) mass is 836 g/mol. The van der Waals surface area contributed by atoms with Gasteiger partial charge in [-0.3, -0.25) is 24.2 Å². The van der Waals surface area contributed by atoms with Gasteiger partial charge in [-0.05, 0) is 111 Å². The first-order chi connectivity index (χ1) is 28.4. The van der Waals surface area contributed by atoms with Crippen molar-refractivity contribution in [2.45, 2.75) is 60.7 Å². The van der Waals surface area contributed by atoms with E-state index in [1.165, 1.54) is 26.4 Å². The number of nitrogens with zero attached hydrogens (tertiary/aromatic N) is 2. The molecule has 10 rings (SSSR count). The minimum atomic E-state index is -1.49. The van der Waals surface area contributed by atoms with E-state index in [9.17, 15) is 24.9 Å². The number of hydrogen-bond donors (Lipinski definition) is 5. The molecule has 4 aromatic carbocycles. The molecule has 12 nitrogen and oxygen atoms in total. The molecule has 4 saturated heterocycles. The number of phenols is 2. The van der Waals surface area contributed by atoms with Gasteiger partial charge in [0.2, 0.25) is 11.8 Å². The highest BCUT2D eigenvalue weighted by molar-refractivity contribution is 6.31. The number of halogens is 2.